The fourth-order valence-electron chi connectivity index (χ4n) is 1.53. The second kappa shape index (κ2) is 6.47. The third-order valence-electron chi connectivity index (χ3n) is 2.56. The van der Waals surface area contributed by atoms with Gasteiger partial charge in [-0.3, -0.25) is 13.9 Å². The van der Waals surface area contributed by atoms with Crippen LogP contribution in [0.4, 0.5) is 0 Å². The number of carboxylic acids is 2. The van der Waals surface area contributed by atoms with Crippen LogP contribution in [0.1, 0.15) is 32.1 Å². The van der Waals surface area contributed by atoms with Crippen molar-refractivity contribution in [3.8, 4) is 0 Å². The number of carboxylic acid groups (broad SMARTS) is 2. The maximum atomic E-state index is 11.1. The van der Waals surface area contributed by atoms with E-state index in [1.54, 1.807) is 0 Å². The molecule has 0 saturated carbocycles. The number of hydrogen-bond donors (Lipinski definition) is 4. The van der Waals surface area contributed by atoms with Gasteiger partial charge in [-0.15, -0.1) is 0 Å². The van der Waals surface area contributed by atoms with Crippen LogP contribution in [0, 0.1) is 0 Å². The summed E-state index contributed by atoms with van der Waals surface area (Å²) < 4.78 is 58.1. The van der Waals surface area contributed by atoms with Crippen LogP contribution in [0.15, 0.2) is 0 Å². The van der Waals surface area contributed by atoms with Gasteiger partial charge < -0.3 is 10.2 Å². The van der Waals surface area contributed by atoms with E-state index in [4.69, 9.17) is 19.3 Å². The highest BCUT2D eigenvalue weighted by molar-refractivity contribution is 8.06. The number of unbranched alkanes of at least 4 members (excludes halogenated alkanes) is 2. The lowest BCUT2D eigenvalue weighted by molar-refractivity contribution is -0.139. The van der Waals surface area contributed by atoms with Gasteiger partial charge in [0, 0.05) is 6.42 Å². The van der Waals surface area contributed by atoms with Crippen LogP contribution >= 0.6 is 0 Å². The second-order valence-corrected chi connectivity index (χ2v) is 7.52. The summed E-state index contributed by atoms with van der Waals surface area (Å²) in [5.41, 5.74) is 0. The number of aliphatic carboxylic acids is 2. The van der Waals surface area contributed by atoms with Crippen molar-refractivity contribution in [2.75, 3.05) is 0 Å². The summed E-state index contributed by atoms with van der Waals surface area (Å²) in [7, 11) is -11.3. The van der Waals surface area contributed by atoms with E-state index in [1.807, 2.05) is 0 Å². The van der Waals surface area contributed by atoms with Crippen LogP contribution in [-0.4, -0.2) is 52.2 Å². The predicted molar refractivity (Wildman–Crippen MR) is 64.2 cm³/mol. The maximum absolute atomic E-state index is 11.1. The zero-order valence-corrected chi connectivity index (χ0v) is 11.7. The maximum Gasteiger partial charge on any atom is 0.346 e. The van der Waals surface area contributed by atoms with Crippen molar-refractivity contribution in [2.24, 2.45) is 0 Å². The molecule has 0 amide bonds. The van der Waals surface area contributed by atoms with Crippen molar-refractivity contribution >= 4 is 32.2 Å². The monoisotopic (exact) mass is 334 g/mol. The molecule has 0 heterocycles. The lowest BCUT2D eigenvalue weighted by Gasteiger charge is -2.22. The average molecular weight is 334 g/mol. The molecular formula is C8H14O10S2. The van der Waals surface area contributed by atoms with Crippen molar-refractivity contribution < 1.29 is 45.7 Å². The average Bonchev–Trinajstić information content (AvgIpc) is 2.17. The van der Waals surface area contributed by atoms with Crippen LogP contribution < -0.4 is 0 Å². The van der Waals surface area contributed by atoms with Gasteiger partial charge in [-0.25, -0.2) is 4.79 Å². The Morgan fingerprint density at radius 1 is 0.850 bits per heavy atom. The highest BCUT2D eigenvalue weighted by atomic mass is 32.3. The van der Waals surface area contributed by atoms with Crippen molar-refractivity contribution in [3.63, 3.8) is 0 Å². The van der Waals surface area contributed by atoms with E-state index < -0.39 is 42.7 Å². The van der Waals surface area contributed by atoms with Crippen LogP contribution in [0.3, 0.4) is 0 Å². The summed E-state index contributed by atoms with van der Waals surface area (Å²) in [6, 6.07) is 0. The second-order valence-electron chi connectivity index (χ2n) is 3.96. The van der Waals surface area contributed by atoms with Crippen LogP contribution in [0.2, 0.25) is 0 Å². The number of hydrogen-bond acceptors (Lipinski definition) is 6. The third-order valence-corrected chi connectivity index (χ3v) is 6.24. The smallest absolute Gasteiger partial charge is 0.346 e. The molecular weight excluding hydrogens is 320 g/mol. The topological polar surface area (TPSA) is 183 Å². The minimum Gasteiger partial charge on any atom is -0.481 e. The van der Waals surface area contributed by atoms with Crippen molar-refractivity contribution in [1.82, 2.24) is 0 Å². The Labute approximate surface area is 114 Å². The molecule has 0 aliphatic carbocycles. The Hall–Kier alpha value is -1.24. The summed E-state index contributed by atoms with van der Waals surface area (Å²) in [5.74, 6) is -3.56. The molecule has 0 rings (SSSR count). The van der Waals surface area contributed by atoms with Gasteiger partial charge in [-0.1, -0.05) is 6.42 Å². The van der Waals surface area contributed by atoms with E-state index in [0.29, 0.717) is 0 Å². The Kier molecular flexibility index (Phi) is 6.07. The SMILES string of the molecule is O=C(O)CCCCCC(C(=O)O)(S(=O)(=O)O)S(=O)(=O)O. The van der Waals surface area contributed by atoms with Crippen molar-refractivity contribution in [3.05, 3.63) is 0 Å². The van der Waals surface area contributed by atoms with E-state index >= 15 is 0 Å². The first-order chi connectivity index (χ1) is 8.86. The van der Waals surface area contributed by atoms with E-state index in [2.05, 4.69) is 0 Å². The first-order valence-corrected chi connectivity index (χ1v) is 8.13. The molecule has 0 fully saturated rings. The van der Waals surface area contributed by atoms with Gasteiger partial charge in [-0.2, -0.15) is 16.8 Å². The predicted octanol–water partition coefficient (Wildman–Crippen LogP) is -0.422. The summed E-state index contributed by atoms with van der Waals surface area (Å²) >= 11 is 0. The quantitative estimate of drug-likeness (QED) is 0.319. The highest BCUT2D eigenvalue weighted by Crippen LogP contribution is 2.30. The standard InChI is InChI=1S/C8H14O10S2/c9-6(10)4-2-1-3-5-8(7(11)12,19(13,14)15)20(16,17)18/h1-5H2,(H,9,10)(H,11,12)(H,13,14,15)(H,16,17,18). The lowest BCUT2D eigenvalue weighted by atomic mass is 10.1. The minimum atomic E-state index is -5.64. The fraction of sp³-hybridized carbons (Fsp3) is 0.750. The normalized spacial score (nSPS) is 13.1. The molecule has 0 radical (unpaired) electrons. The van der Waals surface area contributed by atoms with Gasteiger partial charge in [0.25, 0.3) is 20.2 Å². The Bertz CT molecular complexity index is 540. The Morgan fingerprint density at radius 2 is 1.30 bits per heavy atom. The largest absolute Gasteiger partial charge is 0.481 e. The van der Waals surface area contributed by atoms with Gasteiger partial charge in [-0.05, 0) is 19.3 Å². The zero-order valence-electron chi connectivity index (χ0n) is 10.1. The van der Waals surface area contributed by atoms with Gasteiger partial charge in [0.05, 0.1) is 0 Å². The van der Waals surface area contributed by atoms with E-state index in [9.17, 15) is 26.4 Å². The van der Waals surface area contributed by atoms with Crippen molar-refractivity contribution in [2.45, 2.75) is 36.2 Å². The van der Waals surface area contributed by atoms with E-state index in [1.165, 1.54) is 0 Å². The summed E-state index contributed by atoms with van der Waals surface area (Å²) in [6.07, 6.45) is -1.63. The number of carbonyl (C=O) groups is 2. The summed E-state index contributed by atoms with van der Waals surface area (Å²) in [6.45, 7) is 0. The van der Waals surface area contributed by atoms with E-state index in [-0.39, 0.29) is 25.7 Å². The molecule has 10 nitrogen and oxygen atoms in total. The Balaban J connectivity index is 5.19. The van der Waals surface area contributed by atoms with Crippen LogP contribution in [0.5, 0.6) is 0 Å². The van der Waals surface area contributed by atoms with Gasteiger partial charge in [0.2, 0.25) is 0 Å². The molecule has 118 valence electrons. The molecule has 0 aromatic heterocycles. The summed E-state index contributed by atoms with van der Waals surface area (Å²) in [4.78, 5) is 21.1. The molecule has 0 unspecified atom stereocenters. The number of rotatable bonds is 9. The van der Waals surface area contributed by atoms with Gasteiger partial charge >= 0.3 is 16.0 Å². The Morgan fingerprint density at radius 3 is 1.60 bits per heavy atom. The molecule has 0 atom stereocenters. The fourth-order valence-corrected chi connectivity index (χ4v) is 3.84. The first-order valence-electron chi connectivity index (χ1n) is 5.25. The zero-order chi connectivity index (χ0) is 16.2. The lowest BCUT2D eigenvalue weighted by Crippen LogP contribution is -2.52. The summed E-state index contributed by atoms with van der Waals surface area (Å²) in [5, 5.41) is 17.1. The molecule has 0 aromatic rings. The van der Waals surface area contributed by atoms with Crippen LogP contribution in [0.25, 0.3) is 0 Å². The van der Waals surface area contributed by atoms with Gasteiger partial charge in [0.15, 0.2) is 0 Å². The molecule has 0 aliphatic rings. The molecule has 0 aliphatic heterocycles. The molecule has 0 bridgehead atoms. The minimum absolute atomic E-state index is 0.00632. The molecule has 20 heavy (non-hydrogen) atoms. The molecule has 12 heteroatoms. The van der Waals surface area contributed by atoms with Crippen LogP contribution in [-0.2, 0) is 29.8 Å². The van der Waals surface area contributed by atoms with Crippen molar-refractivity contribution in [1.29, 1.82) is 0 Å². The molecule has 0 aromatic carbocycles. The van der Waals surface area contributed by atoms with E-state index in [0.717, 1.165) is 0 Å². The van der Waals surface area contributed by atoms with Gasteiger partial charge in [0.1, 0.15) is 0 Å². The first kappa shape index (κ1) is 18.8. The highest BCUT2D eigenvalue weighted by Gasteiger charge is 2.61. The molecule has 0 spiro atoms. The third kappa shape index (κ3) is 4.13. The molecule has 4 N–H and O–H groups in total. The molecule has 0 saturated heterocycles.